The van der Waals surface area contributed by atoms with Crippen LogP contribution in [0, 0.1) is 5.92 Å². The minimum absolute atomic E-state index is 0. The second-order valence-corrected chi connectivity index (χ2v) is 8.65. The summed E-state index contributed by atoms with van der Waals surface area (Å²) in [4.78, 5) is 15.4. The number of hydrogen-bond acceptors (Lipinski definition) is 9. The van der Waals surface area contributed by atoms with Crippen LogP contribution in [0.4, 0.5) is 0 Å². The Labute approximate surface area is 278 Å². The first-order chi connectivity index (χ1) is 20.6. The van der Waals surface area contributed by atoms with E-state index in [1.807, 2.05) is 61.6 Å². The number of nitrogens with one attached hydrogen (secondary N) is 1. The van der Waals surface area contributed by atoms with Gasteiger partial charge in [-0.3, -0.25) is 9.79 Å². The zero-order valence-corrected chi connectivity index (χ0v) is 30.9. The topological polar surface area (TPSA) is 96.8 Å². The van der Waals surface area contributed by atoms with Crippen molar-refractivity contribution in [3.8, 4) is 0 Å². The Balaban J connectivity index is -0.000000643. The summed E-state index contributed by atoms with van der Waals surface area (Å²) in [6, 6.07) is 0. The zero-order valence-electron chi connectivity index (χ0n) is 29.5. The van der Waals surface area contributed by atoms with Crippen molar-refractivity contribution in [3.05, 3.63) is 11.9 Å². The largest absolute Gasteiger partial charge is 0.389 e. The van der Waals surface area contributed by atoms with Gasteiger partial charge in [-0.15, -0.1) is 0 Å². The molecule has 0 unspecified atom stereocenters. The molecule has 0 bridgehead atoms. The van der Waals surface area contributed by atoms with Crippen LogP contribution in [0.5, 0.6) is 0 Å². The third kappa shape index (κ3) is 48.3. The molecule has 0 aromatic carbocycles. The second kappa shape index (κ2) is 50.8. The summed E-state index contributed by atoms with van der Waals surface area (Å²) >= 11 is 0. The summed E-state index contributed by atoms with van der Waals surface area (Å²) in [5, 5.41) is 3.27. The fraction of sp³-hybridized carbons (Fsp3) is 0.879. The Kier molecular flexibility index (Phi) is 61.2. The van der Waals surface area contributed by atoms with Crippen molar-refractivity contribution in [2.45, 2.75) is 101 Å². The molecular formula is C33H70N2O7V. The Morgan fingerprint density at radius 2 is 1.07 bits per heavy atom. The van der Waals surface area contributed by atoms with Crippen LogP contribution in [-0.4, -0.2) is 98.3 Å². The van der Waals surface area contributed by atoms with Crippen molar-refractivity contribution >= 4 is 12.5 Å². The van der Waals surface area contributed by atoms with E-state index in [2.05, 4.69) is 24.0 Å². The van der Waals surface area contributed by atoms with Gasteiger partial charge in [-0.25, -0.2) is 0 Å². The van der Waals surface area contributed by atoms with E-state index in [9.17, 15) is 4.79 Å². The van der Waals surface area contributed by atoms with Crippen LogP contribution in [0.1, 0.15) is 101 Å². The Hall–Kier alpha value is -0.776. The minimum atomic E-state index is 0. The van der Waals surface area contributed by atoms with E-state index in [1.165, 1.54) is 32.1 Å². The molecule has 0 amide bonds. The van der Waals surface area contributed by atoms with Gasteiger partial charge >= 0.3 is 0 Å². The van der Waals surface area contributed by atoms with E-state index < -0.39 is 0 Å². The number of ether oxygens (including phenoxy) is 6. The van der Waals surface area contributed by atoms with Crippen molar-refractivity contribution < 1.29 is 51.8 Å². The van der Waals surface area contributed by atoms with Gasteiger partial charge in [-0.2, -0.15) is 0 Å². The van der Waals surface area contributed by atoms with Crippen LogP contribution in [-0.2, 0) is 51.8 Å². The van der Waals surface area contributed by atoms with Crippen molar-refractivity contribution in [1.29, 1.82) is 0 Å². The maximum absolute atomic E-state index is 11.4. The van der Waals surface area contributed by atoms with Crippen LogP contribution in [0.25, 0.3) is 0 Å². The first kappa shape index (κ1) is 51.8. The maximum atomic E-state index is 11.4. The molecule has 10 heteroatoms. The van der Waals surface area contributed by atoms with Crippen LogP contribution in [0.15, 0.2) is 16.9 Å². The molecule has 0 aliphatic rings. The quantitative estimate of drug-likeness (QED) is 0.0687. The molecule has 0 atom stereocenters. The number of aliphatic imine (C=N–C) groups is 1. The van der Waals surface area contributed by atoms with E-state index in [0.717, 1.165) is 12.2 Å². The summed E-state index contributed by atoms with van der Waals surface area (Å²) in [7, 11) is 0. The van der Waals surface area contributed by atoms with E-state index in [0.29, 0.717) is 85.7 Å². The molecule has 0 fully saturated rings. The van der Waals surface area contributed by atoms with Crippen LogP contribution in [0.3, 0.4) is 0 Å². The number of rotatable bonds is 29. The number of nitrogens with zero attached hydrogens (tertiary/aromatic N) is 1. The number of carbonyl (C=O) groups excluding carboxylic acids is 1. The van der Waals surface area contributed by atoms with Crippen LogP contribution < -0.4 is 5.32 Å². The third-order valence-electron chi connectivity index (χ3n) is 5.14. The Bertz CT molecular complexity index is 539. The average Bonchev–Trinajstić information content (AvgIpc) is 3.03. The number of Topliss-reactive ketones (excluding diaryl/α,β-unsaturated/α-hetero) is 1. The van der Waals surface area contributed by atoms with E-state index in [1.54, 1.807) is 0 Å². The summed E-state index contributed by atoms with van der Waals surface area (Å²) in [6.07, 6.45) is 8.64. The normalized spacial score (nSPS) is 10.3. The summed E-state index contributed by atoms with van der Waals surface area (Å²) < 4.78 is 32.8. The molecule has 0 spiro atoms. The Morgan fingerprint density at radius 3 is 1.47 bits per heavy atom. The molecule has 259 valence electrons. The van der Waals surface area contributed by atoms with Gasteiger partial charge in [0.25, 0.3) is 0 Å². The van der Waals surface area contributed by atoms with Crippen LogP contribution in [0.2, 0.25) is 0 Å². The molecule has 0 saturated heterocycles. The molecule has 0 aromatic rings. The smallest absolute Gasteiger partial charge is 0.137 e. The van der Waals surface area contributed by atoms with E-state index >= 15 is 0 Å². The summed E-state index contributed by atoms with van der Waals surface area (Å²) in [6.45, 7) is 28.5. The molecule has 43 heavy (non-hydrogen) atoms. The van der Waals surface area contributed by atoms with Crippen molar-refractivity contribution in [2.24, 2.45) is 10.9 Å². The van der Waals surface area contributed by atoms with Gasteiger partial charge < -0.3 is 33.7 Å². The SMILES string of the molecule is C=N/C(=C\NCCCCCCC)COCCOCCOCCOCCOCCOCCC(=O)C(C)C.CC.CC.CC.[V]. The minimum Gasteiger partial charge on any atom is -0.389 e. The summed E-state index contributed by atoms with van der Waals surface area (Å²) in [5.74, 6) is 0.291. The molecule has 9 nitrogen and oxygen atoms in total. The average molecular weight is 658 g/mol. The van der Waals surface area contributed by atoms with Crippen molar-refractivity contribution in [1.82, 2.24) is 5.32 Å². The van der Waals surface area contributed by atoms with E-state index in [-0.39, 0.29) is 30.3 Å². The van der Waals surface area contributed by atoms with Gasteiger partial charge in [-0.05, 0) is 13.1 Å². The monoisotopic (exact) mass is 657 g/mol. The first-order valence-electron chi connectivity index (χ1n) is 16.5. The standard InChI is InChI=1S/C27H52N2O7.3C2H6.V/c1-5-6-7-8-9-11-29-23-26(28-4)24-36-22-21-35-20-19-34-18-17-33-16-15-32-14-13-31-12-10-27(30)25(2)3;3*1-2;/h23,25,29H,4-22,24H2,1-3H3;3*1-2H3;/b26-23-;;;;. The molecule has 0 rings (SSSR count). The third-order valence-corrected chi connectivity index (χ3v) is 5.14. The number of ketones is 1. The van der Waals surface area contributed by atoms with Gasteiger partial charge in [0.1, 0.15) is 5.78 Å². The van der Waals surface area contributed by atoms with Gasteiger partial charge in [0.05, 0.1) is 85.0 Å². The zero-order chi connectivity index (χ0) is 32.5. The molecule has 0 heterocycles. The molecule has 0 aliphatic heterocycles. The number of carbonyl (C=O) groups is 1. The summed E-state index contributed by atoms with van der Waals surface area (Å²) in [5.41, 5.74) is 0.792. The number of hydrogen-bond donors (Lipinski definition) is 1. The second-order valence-electron chi connectivity index (χ2n) is 8.65. The molecular weight excluding hydrogens is 587 g/mol. The fourth-order valence-electron chi connectivity index (χ4n) is 2.89. The first-order valence-corrected chi connectivity index (χ1v) is 16.5. The molecule has 0 aliphatic carbocycles. The van der Waals surface area contributed by atoms with Crippen molar-refractivity contribution in [2.75, 3.05) is 85.8 Å². The Morgan fingerprint density at radius 1 is 0.674 bits per heavy atom. The predicted octanol–water partition coefficient (Wildman–Crippen LogP) is 6.88. The fourth-order valence-corrected chi connectivity index (χ4v) is 2.89. The van der Waals surface area contributed by atoms with Gasteiger partial charge in [0, 0.05) is 43.6 Å². The maximum Gasteiger partial charge on any atom is 0.137 e. The molecule has 1 radical (unpaired) electrons. The van der Waals surface area contributed by atoms with Crippen LogP contribution >= 0.6 is 0 Å². The number of unbranched alkanes of at least 4 members (excludes halogenated alkanes) is 4. The molecule has 1 N–H and O–H groups in total. The predicted molar refractivity (Wildman–Crippen MR) is 178 cm³/mol. The van der Waals surface area contributed by atoms with Gasteiger partial charge in [-0.1, -0.05) is 88.0 Å². The van der Waals surface area contributed by atoms with E-state index in [4.69, 9.17) is 28.4 Å². The molecule has 0 saturated carbocycles. The molecule has 0 aromatic heterocycles. The van der Waals surface area contributed by atoms with Gasteiger partial charge in [0.2, 0.25) is 0 Å². The van der Waals surface area contributed by atoms with Gasteiger partial charge in [0.15, 0.2) is 0 Å². The van der Waals surface area contributed by atoms with Crippen molar-refractivity contribution in [3.63, 3.8) is 0 Å².